The Morgan fingerprint density at radius 1 is 1.14 bits per heavy atom. The Labute approximate surface area is 245 Å². The van der Waals surface area contributed by atoms with Crippen molar-refractivity contribution in [2.24, 2.45) is 5.41 Å². The zero-order valence-electron chi connectivity index (χ0n) is 25.7. The van der Waals surface area contributed by atoms with Crippen molar-refractivity contribution in [2.45, 2.75) is 97.9 Å². The maximum Gasteiger partial charge on any atom is 0.408 e. The molecule has 1 saturated heterocycles. The van der Waals surface area contributed by atoms with E-state index < -0.39 is 40.6 Å². The number of amides is 2. The van der Waals surface area contributed by atoms with Crippen molar-refractivity contribution in [2.75, 3.05) is 24.5 Å². The van der Waals surface area contributed by atoms with E-state index in [0.717, 1.165) is 18.9 Å². The van der Waals surface area contributed by atoms with Crippen molar-refractivity contribution < 1.29 is 28.2 Å². The first-order chi connectivity index (χ1) is 19.4. The van der Waals surface area contributed by atoms with E-state index in [-0.39, 0.29) is 34.1 Å². The standard InChI is InChI=1S/C30H42FN5O6/c1-17(33-27(40)42-29(5,6)7)25(38)32-15-30(8)11-12-35(16-30)24-21(31)13-19-22(37)20(26(39)41-28(2,3)4)14-36(18-9-10-18)23(19)34-24/h13-14,17-18H,9-12,15-16H2,1-8H3,(H,32,38)(H,33,40). The molecule has 0 aromatic carbocycles. The van der Waals surface area contributed by atoms with Crippen LogP contribution in [0, 0.1) is 11.2 Å². The molecular formula is C30H42FN5O6. The molecule has 12 heteroatoms. The van der Waals surface area contributed by atoms with E-state index in [1.54, 1.807) is 53.0 Å². The number of esters is 1. The Morgan fingerprint density at radius 3 is 2.38 bits per heavy atom. The van der Waals surface area contributed by atoms with Gasteiger partial charge >= 0.3 is 12.1 Å². The van der Waals surface area contributed by atoms with E-state index in [4.69, 9.17) is 9.47 Å². The van der Waals surface area contributed by atoms with Crippen LogP contribution in [0.25, 0.3) is 11.0 Å². The molecule has 230 valence electrons. The number of alkyl carbamates (subject to hydrolysis) is 1. The molecule has 2 amide bonds. The molecule has 2 atom stereocenters. The topological polar surface area (TPSA) is 132 Å². The number of aromatic nitrogens is 2. The maximum atomic E-state index is 15.5. The van der Waals surface area contributed by atoms with Crippen LogP contribution in [0.2, 0.25) is 0 Å². The lowest BCUT2D eigenvalue weighted by molar-refractivity contribution is -0.123. The van der Waals surface area contributed by atoms with Gasteiger partial charge in [0.1, 0.15) is 28.5 Å². The minimum Gasteiger partial charge on any atom is -0.456 e. The van der Waals surface area contributed by atoms with Gasteiger partial charge in [-0.2, -0.15) is 0 Å². The van der Waals surface area contributed by atoms with Gasteiger partial charge in [-0.3, -0.25) is 9.59 Å². The minimum absolute atomic E-state index is 0.0345. The SMILES string of the molecule is CC(NC(=O)OC(C)(C)C)C(=O)NCC1(C)CCN(c2nc3c(cc2F)c(=O)c(C(=O)OC(C)(C)C)cn3C2CC2)C1. The van der Waals surface area contributed by atoms with Crippen molar-refractivity contribution in [1.29, 1.82) is 0 Å². The van der Waals surface area contributed by atoms with Crippen LogP contribution >= 0.6 is 0 Å². The number of hydrogen-bond donors (Lipinski definition) is 2. The average molecular weight is 588 g/mol. The summed E-state index contributed by atoms with van der Waals surface area (Å²) in [6.45, 7) is 15.2. The molecule has 3 heterocycles. The van der Waals surface area contributed by atoms with Crippen LogP contribution in [0.3, 0.4) is 0 Å². The molecule has 0 bridgehead atoms. The molecule has 2 aliphatic rings. The fourth-order valence-electron chi connectivity index (χ4n) is 4.92. The van der Waals surface area contributed by atoms with Crippen molar-refractivity contribution in [3.05, 3.63) is 33.9 Å². The average Bonchev–Trinajstić information content (AvgIpc) is 3.61. The van der Waals surface area contributed by atoms with E-state index in [9.17, 15) is 19.2 Å². The fraction of sp³-hybridized carbons (Fsp3) is 0.633. The third-order valence-corrected chi connectivity index (χ3v) is 7.17. The van der Waals surface area contributed by atoms with Gasteiger partial charge < -0.3 is 29.6 Å². The summed E-state index contributed by atoms with van der Waals surface area (Å²) in [5, 5.41) is 5.45. The summed E-state index contributed by atoms with van der Waals surface area (Å²) < 4.78 is 27.9. The Morgan fingerprint density at radius 2 is 1.79 bits per heavy atom. The van der Waals surface area contributed by atoms with E-state index in [0.29, 0.717) is 31.7 Å². The van der Waals surface area contributed by atoms with Gasteiger partial charge in [-0.05, 0) is 73.8 Å². The van der Waals surface area contributed by atoms with Crippen LogP contribution in [-0.2, 0) is 14.3 Å². The Kier molecular flexibility index (Phi) is 8.32. The van der Waals surface area contributed by atoms with Crippen molar-refractivity contribution in [3.8, 4) is 0 Å². The second kappa shape index (κ2) is 11.2. The van der Waals surface area contributed by atoms with Gasteiger partial charge in [0.2, 0.25) is 11.3 Å². The molecule has 42 heavy (non-hydrogen) atoms. The summed E-state index contributed by atoms with van der Waals surface area (Å²) >= 11 is 0. The molecule has 2 aromatic rings. The first-order valence-corrected chi connectivity index (χ1v) is 14.4. The molecule has 2 aromatic heterocycles. The smallest absolute Gasteiger partial charge is 0.408 e. The van der Waals surface area contributed by atoms with Crippen LogP contribution in [-0.4, -0.2) is 64.4 Å². The van der Waals surface area contributed by atoms with Gasteiger partial charge in [-0.1, -0.05) is 6.92 Å². The first-order valence-electron chi connectivity index (χ1n) is 14.4. The second-order valence-electron chi connectivity index (χ2n) is 13.7. The highest BCUT2D eigenvalue weighted by atomic mass is 19.1. The highest BCUT2D eigenvalue weighted by molar-refractivity contribution is 5.93. The molecule has 2 N–H and O–H groups in total. The number of fused-ring (bicyclic) bond motifs is 1. The zero-order valence-corrected chi connectivity index (χ0v) is 25.7. The first kappa shape index (κ1) is 31.2. The van der Waals surface area contributed by atoms with Crippen LogP contribution in [0.15, 0.2) is 17.1 Å². The van der Waals surface area contributed by atoms with Crippen LogP contribution in [0.5, 0.6) is 0 Å². The van der Waals surface area contributed by atoms with E-state index in [2.05, 4.69) is 15.6 Å². The van der Waals surface area contributed by atoms with Gasteiger partial charge in [-0.15, -0.1) is 0 Å². The lowest BCUT2D eigenvalue weighted by Crippen LogP contribution is -2.48. The normalized spacial score (nSPS) is 19.9. The van der Waals surface area contributed by atoms with Crippen LogP contribution in [0.1, 0.15) is 91.1 Å². The number of hydrogen-bond acceptors (Lipinski definition) is 8. The fourth-order valence-corrected chi connectivity index (χ4v) is 4.92. The van der Waals surface area contributed by atoms with E-state index in [1.807, 2.05) is 11.8 Å². The minimum atomic E-state index is -0.801. The zero-order chi connectivity index (χ0) is 31.2. The Balaban J connectivity index is 1.51. The number of pyridine rings is 2. The molecule has 1 aliphatic carbocycles. The third-order valence-electron chi connectivity index (χ3n) is 7.17. The highest BCUT2D eigenvalue weighted by Crippen LogP contribution is 2.38. The number of carbonyl (C=O) groups excluding carboxylic acids is 3. The molecule has 1 saturated carbocycles. The molecule has 4 rings (SSSR count). The number of nitrogens with zero attached hydrogens (tertiary/aromatic N) is 3. The maximum absolute atomic E-state index is 15.5. The summed E-state index contributed by atoms with van der Waals surface area (Å²) in [6, 6.07) is 0.425. The summed E-state index contributed by atoms with van der Waals surface area (Å²) in [6.07, 6.45) is 3.20. The van der Waals surface area contributed by atoms with Gasteiger partial charge in [0.05, 0.1) is 5.39 Å². The third kappa shape index (κ3) is 7.38. The summed E-state index contributed by atoms with van der Waals surface area (Å²) in [4.78, 5) is 57.2. The monoisotopic (exact) mass is 587 g/mol. The number of anilines is 1. The molecule has 0 spiro atoms. The van der Waals surface area contributed by atoms with Crippen LogP contribution < -0.4 is 21.0 Å². The van der Waals surface area contributed by atoms with Gasteiger partial charge in [0, 0.05) is 37.3 Å². The quantitative estimate of drug-likeness (QED) is 0.464. The number of ether oxygens (including phenoxy) is 2. The van der Waals surface area contributed by atoms with Crippen molar-refractivity contribution in [3.63, 3.8) is 0 Å². The Bertz CT molecular complexity index is 1460. The summed E-state index contributed by atoms with van der Waals surface area (Å²) in [5.41, 5.74) is -2.28. The molecule has 2 fully saturated rings. The molecule has 0 radical (unpaired) electrons. The second-order valence-corrected chi connectivity index (χ2v) is 13.7. The number of nitrogens with one attached hydrogen (secondary N) is 2. The number of carbonyl (C=O) groups is 3. The van der Waals surface area contributed by atoms with E-state index in [1.165, 1.54) is 6.20 Å². The van der Waals surface area contributed by atoms with E-state index >= 15 is 4.39 Å². The summed E-state index contributed by atoms with van der Waals surface area (Å²) in [7, 11) is 0. The molecule has 11 nitrogen and oxygen atoms in total. The van der Waals surface area contributed by atoms with Crippen molar-refractivity contribution in [1.82, 2.24) is 20.2 Å². The number of halogens is 1. The Hall–Kier alpha value is -3.70. The van der Waals surface area contributed by atoms with Gasteiger partial charge in [-0.25, -0.2) is 19.0 Å². The van der Waals surface area contributed by atoms with Crippen molar-refractivity contribution >= 4 is 34.8 Å². The molecular weight excluding hydrogens is 545 g/mol. The predicted octanol–water partition coefficient (Wildman–Crippen LogP) is 4.07. The molecule has 1 aliphatic heterocycles. The predicted molar refractivity (Wildman–Crippen MR) is 156 cm³/mol. The largest absolute Gasteiger partial charge is 0.456 e. The summed E-state index contributed by atoms with van der Waals surface area (Å²) in [5.74, 6) is -1.64. The lowest BCUT2D eigenvalue weighted by Gasteiger charge is -2.27. The molecule has 2 unspecified atom stereocenters. The lowest BCUT2D eigenvalue weighted by atomic mass is 9.90. The van der Waals surface area contributed by atoms with Crippen LogP contribution in [0.4, 0.5) is 15.0 Å². The van der Waals surface area contributed by atoms with Gasteiger partial charge in [0.25, 0.3) is 0 Å². The van der Waals surface area contributed by atoms with Gasteiger partial charge in [0.15, 0.2) is 11.6 Å². The number of rotatable bonds is 7. The highest BCUT2D eigenvalue weighted by Gasteiger charge is 2.37.